The Morgan fingerprint density at radius 1 is 1.44 bits per heavy atom. The normalized spacial score (nSPS) is 18.3. The van der Waals surface area contributed by atoms with Gasteiger partial charge in [0.15, 0.2) is 0 Å². The summed E-state index contributed by atoms with van der Waals surface area (Å²) in [6.07, 6.45) is 3.57. The van der Waals surface area contributed by atoms with Crippen LogP contribution in [0.4, 0.5) is 0 Å². The Morgan fingerprint density at radius 2 is 2.22 bits per heavy atom. The van der Waals surface area contributed by atoms with Crippen LogP contribution < -0.4 is 5.32 Å². The van der Waals surface area contributed by atoms with Crippen LogP contribution in [0.15, 0.2) is 0 Å². The molecule has 0 heterocycles. The van der Waals surface area contributed by atoms with E-state index in [-0.39, 0.29) is 6.61 Å². The van der Waals surface area contributed by atoms with Crippen molar-refractivity contribution in [3.05, 3.63) is 0 Å². The molecule has 0 aliphatic heterocycles. The molecule has 1 aliphatic rings. The van der Waals surface area contributed by atoms with Crippen LogP contribution in [0, 0.1) is 5.92 Å². The fraction of sp³-hybridized carbons (Fsp3) is 1.00. The Morgan fingerprint density at radius 3 is 2.78 bits per heavy atom. The molecule has 1 N–H and O–H groups in total. The highest BCUT2D eigenvalue weighted by atomic mass is 16.3. The predicted octanol–water partition coefficient (Wildman–Crippen LogP) is 0.807. The van der Waals surface area contributed by atoms with E-state index in [0.29, 0.717) is 0 Å². The molecular formula is C7H14NO. The van der Waals surface area contributed by atoms with Gasteiger partial charge in [0, 0.05) is 0 Å². The summed E-state index contributed by atoms with van der Waals surface area (Å²) in [5.41, 5.74) is 0. The van der Waals surface area contributed by atoms with Gasteiger partial charge in [0.05, 0.1) is 6.61 Å². The van der Waals surface area contributed by atoms with Gasteiger partial charge in [-0.05, 0) is 38.3 Å². The van der Waals surface area contributed by atoms with Gasteiger partial charge in [-0.25, -0.2) is 5.11 Å². The lowest BCUT2D eigenvalue weighted by Gasteiger charge is -1.98. The molecule has 1 fully saturated rings. The first-order valence-electron chi connectivity index (χ1n) is 3.72. The van der Waals surface area contributed by atoms with Crippen molar-refractivity contribution in [3.8, 4) is 0 Å². The van der Waals surface area contributed by atoms with Crippen molar-refractivity contribution in [2.75, 3.05) is 19.7 Å². The maximum Gasteiger partial charge on any atom is 0.0834 e. The summed E-state index contributed by atoms with van der Waals surface area (Å²) in [7, 11) is 0. The van der Waals surface area contributed by atoms with Gasteiger partial charge < -0.3 is 5.32 Å². The molecule has 1 aliphatic carbocycles. The van der Waals surface area contributed by atoms with E-state index < -0.39 is 0 Å². The topological polar surface area (TPSA) is 31.9 Å². The summed E-state index contributed by atoms with van der Waals surface area (Å²) < 4.78 is 0. The van der Waals surface area contributed by atoms with Crippen molar-refractivity contribution in [1.29, 1.82) is 0 Å². The molecule has 9 heavy (non-hydrogen) atoms. The molecule has 0 spiro atoms. The monoisotopic (exact) mass is 128 g/mol. The predicted molar refractivity (Wildman–Crippen MR) is 35.8 cm³/mol. The summed E-state index contributed by atoms with van der Waals surface area (Å²) in [5, 5.41) is 13.2. The maximum atomic E-state index is 9.95. The molecule has 0 unspecified atom stereocenters. The minimum Gasteiger partial charge on any atom is -0.316 e. The van der Waals surface area contributed by atoms with Crippen molar-refractivity contribution in [1.82, 2.24) is 5.32 Å². The lowest BCUT2D eigenvalue weighted by molar-refractivity contribution is 0.188. The third-order valence-corrected chi connectivity index (χ3v) is 1.63. The molecule has 1 saturated carbocycles. The molecule has 1 radical (unpaired) electrons. The summed E-state index contributed by atoms with van der Waals surface area (Å²) in [6.45, 7) is 2.12. The van der Waals surface area contributed by atoms with Crippen molar-refractivity contribution in [2.45, 2.75) is 19.3 Å². The first-order chi connectivity index (χ1) is 4.43. The first kappa shape index (κ1) is 7.03. The largest absolute Gasteiger partial charge is 0.316 e. The molecule has 0 atom stereocenters. The molecular weight excluding hydrogens is 114 g/mol. The Balaban J connectivity index is 1.71. The zero-order valence-electron chi connectivity index (χ0n) is 5.73. The molecule has 0 aromatic rings. The van der Waals surface area contributed by atoms with Crippen molar-refractivity contribution >= 4 is 0 Å². The summed E-state index contributed by atoms with van der Waals surface area (Å²) in [5.74, 6) is 0.941. The van der Waals surface area contributed by atoms with Crippen molar-refractivity contribution < 1.29 is 5.11 Å². The van der Waals surface area contributed by atoms with Crippen LogP contribution in [0.3, 0.4) is 0 Å². The second-order valence-electron chi connectivity index (χ2n) is 2.71. The molecule has 0 bridgehead atoms. The molecule has 1 rings (SSSR count). The quantitative estimate of drug-likeness (QED) is 0.546. The molecule has 2 nitrogen and oxygen atoms in total. The number of nitrogens with one attached hydrogen (secondary N) is 1. The van der Waals surface area contributed by atoms with Crippen molar-refractivity contribution in [2.24, 2.45) is 5.92 Å². The SMILES string of the molecule is [O]CCCNCC1CC1. The summed E-state index contributed by atoms with van der Waals surface area (Å²) in [4.78, 5) is 0. The average Bonchev–Trinajstić information content (AvgIpc) is 2.63. The van der Waals surface area contributed by atoms with Gasteiger partial charge in [-0.2, -0.15) is 0 Å². The van der Waals surface area contributed by atoms with Crippen LogP contribution in [-0.4, -0.2) is 19.7 Å². The molecule has 0 aromatic carbocycles. The molecule has 0 amide bonds. The zero-order chi connectivity index (χ0) is 6.53. The third kappa shape index (κ3) is 3.49. The molecule has 53 valence electrons. The van der Waals surface area contributed by atoms with Crippen molar-refractivity contribution in [3.63, 3.8) is 0 Å². The van der Waals surface area contributed by atoms with Crippen LogP contribution in [-0.2, 0) is 5.11 Å². The lowest BCUT2D eigenvalue weighted by atomic mass is 10.4. The Labute approximate surface area is 56.3 Å². The van der Waals surface area contributed by atoms with E-state index in [4.69, 9.17) is 0 Å². The Kier molecular flexibility index (Phi) is 3.01. The standard InChI is InChI=1S/C7H14NO/c9-5-1-4-8-6-7-2-3-7/h7-8H,1-6H2. The minimum absolute atomic E-state index is 0.0671. The summed E-state index contributed by atoms with van der Waals surface area (Å²) >= 11 is 0. The Hall–Kier alpha value is -0.0800. The van der Waals surface area contributed by atoms with E-state index in [1.54, 1.807) is 0 Å². The van der Waals surface area contributed by atoms with Gasteiger partial charge in [-0.3, -0.25) is 0 Å². The van der Waals surface area contributed by atoms with Gasteiger partial charge in [0.1, 0.15) is 0 Å². The van der Waals surface area contributed by atoms with Gasteiger partial charge in [-0.1, -0.05) is 0 Å². The second-order valence-corrected chi connectivity index (χ2v) is 2.71. The van der Waals surface area contributed by atoms with Gasteiger partial charge >= 0.3 is 0 Å². The number of rotatable bonds is 5. The highest BCUT2D eigenvalue weighted by Gasteiger charge is 2.19. The number of hydrogen-bond acceptors (Lipinski definition) is 1. The second kappa shape index (κ2) is 3.85. The lowest BCUT2D eigenvalue weighted by Crippen LogP contribution is -2.18. The van der Waals surface area contributed by atoms with Crippen LogP contribution in [0.5, 0.6) is 0 Å². The zero-order valence-corrected chi connectivity index (χ0v) is 5.73. The van der Waals surface area contributed by atoms with E-state index in [1.165, 1.54) is 12.8 Å². The van der Waals surface area contributed by atoms with E-state index in [2.05, 4.69) is 5.32 Å². The van der Waals surface area contributed by atoms with Crippen LogP contribution in [0.2, 0.25) is 0 Å². The third-order valence-electron chi connectivity index (χ3n) is 1.63. The number of hydrogen-bond donors (Lipinski definition) is 1. The summed E-state index contributed by atoms with van der Waals surface area (Å²) in [6, 6.07) is 0. The molecule has 0 saturated heterocycles. The van der Waals surface area contributed by atoms with E-state index in [1.807, 2.05) is 0 Å². The molecule has 0 aromatic heterocycles. The van der Waals surface area contributed by atoms with E-state index in [9.17, 15) is 5.11 Å². The smallest absolute Gasteiger partial charge is 0.0834 e. The van der Waals surface area contributed by atoms with Gasteiger partial charge in [-0.15, -0.1) is 0 Å². The van der Waals surface area contributed by atoms with E-state index >= 15 is 0 Å². The van der Waals surface area contributed by atoms with Crippen LogP contribution in [0.1, 0.15) is 19.3 Å². The minimum atomic E-state index is 0.0671. The van der Waals surface area contributed by atoms with E-state index in [0.717, 1.165) is 25.4 Å². The molecule has 2 heteroatoms. The highest BCUT2D eigenvalue weighted by molar-refractivity contribution is 4.74. The average molecular weight is 128 g/mol. The van der Waals surface area contributed by atoms with Gasteiger partial charge in [0.2, 0.25) is 0 Å². The Bertz CT molecular complexity index is 71.3. The van der Waals surface area contributed by atoms with Crippen LogP contribution >= 0.6 is 0 Å². The highest BCUT2D eigenvalue weighted by Crippen LogP contribution is 2.27. The fourth-order valence-corrected chi connectivity index (χ4v) is 0.825. The van der Waals surface area contributed by atoms with Gasteiger partial charge in [0.25, 0.3) is 0 Å². The first-order valence-corrected chi connectivity index (χ1v) is 3.72. The fourth-order valence-electron chi connectivity index (χ4n) is 0.825. The van der Waals surface area contributed by atoms with Crippen LogP contribution in [0.25, 0.3) is 0 Å². The maximum absolute atomic E-state index is 9.95.